The van der Waals surface area contributed by atoms with Crippen LogP contribution in [0.2, 0.25) is 0 Å². The minimum Gasteiger partial charge on any atom is -0.482 e. The Morgan fingerprint density at radius 3 is 2.62 bits per heavy atom. The van der Waals surface area contributed by atoms with E-state index in [1.54, 1.807) is 6.20 Å². The average Bonchev–Trinajstić information content (AvgIpc) is 2.74. The molecule has 132 valence electrons. The molecule has 0 saturated carbocycles. The average molecular weight is 346 g/mol. The van der Waals surface area contributed by atoms with Gasteiger partial charge in [0, 0.05) is 36.6 Å². The van der Waals surface area contributed by atoms with Crippen molar-refractivity contribution < 1.29 is 9.47 Å². The monoisotopic (exact) mass is 346 g/mol. The first kappa shape index (κ1) is 16.8. The third kappa shape index (κ3) is 3.77. The normalized spacial score (nSPS) is 18.2. The first-order valence-electron chi connectivity index (χ1n) is 8.95. The largest absolute Gasteiger partial charge is 0.482 e. The quantitative estimate of drug-likeness (QED) is 0.762. The molecule has 2 aromatic carbocycles. The number of nitrogens with one attached hydrogen (secondary N) is 1. The molecular formula is C22H22N2O2. The van der Waals surface area contributed by atoms with Crippen molar-refractivity contribution in [1.82, 2.24) is 10.3 Å². The highest BCUT2D eigenvalue weighted by Crippen LogP contribution is 2.34. The summed E-state index contributed by atoms with van der Waals surface area (Å²) in [6.45, 7) is 2.35. The van der Waals surface area contributed by atoms with Crippen LogP contribution >= 0.6 is 0 Å². The number of aromatic nitrogens is 1. The van der Waals surface area contributed by atoms with Crippen LogP contribution in [0.4, 0.5) is 0 Å². The Balaban J connectivity index is 1.68. The van der Waals surface area contributed by atoms with Crippen molar-refractivity contribution >= 4 is 0 Å². The third-order valence-corrected chi connectivity index (χ3v) is 4.54. The standard InChI is InChI=1S/C22H22N2O2/c1-2-7-17(8-3-1)22(21-16-24-13-14-25-21)26-20-11-5-4-10-19(20)18-9-6-12-23-15-18/h1-12,15,21-22,24H,13-14,16H2/t21-,22-/m0/s1. The highest BCUT2D eigenvalue weighted by molar-refractivity contribution is 5.69. The fourth-order valence-electron chi connectivity index (χ4n) is 3.25. The summed E-state index contributed by atoms with van der Waals surface area (Å²) >= 11 is 0. The molecule has 1 N–H and O–H groups in total. The molecule has 0 bridgehead atoms. The maximum atomic E-state index is 6.53. The lowest BCUT2D eigenvalue weighted by Crippen LogP contribution is -2.43. The maximum Gasteiger partial charge on any atom is 0.151 e. The summed E-state index contributed by atoms with van der Waals surface area (Å²) in [6, 6.07) is 22.4. The molecule has 0 aliphatic carbocycles. The maximum absolute atomic E-state index is 6.53. The number of para-hydroxylation sites is 1. The van der Waals surface area contributed by atoms with Crippen LogP contribution in [0.15, 0.2) is 79.1 Å². The van der Waals surface area contributed by atoms with E-state index in [1.165, 1.54) is 0 Å². The second kappa shape index (κ2) is 8.13. The van der Waals surface area contributed by atoms with Gasteiger partial charge in [0.2, 0.25) is 0 Å². The van der Waals surface area contributed by atoms with Gasteiger partial charge in [0.1, 0.15) is 11.9 Å². The first-order valence-corrected chi connectivity index (χ1v) is 8.95. The number of hydrogen-bond acceptors (Lipinski definition) is 4. The Morgan fingerprint density at radius 1 is 1.00 bits per heavy atom. The molecule has 0 spiro atoms. The summed E-state index contributed by atoms with van der Waals surface area (Å²) in [5.74, 6) is 0.837. The van der Waals surface area contributed by atoms with Gasteiger partial charge in [-0.3, -0.25) is 4.98 Å². The van der Waals surface area contributed by atoms with Crippen LogP contribution in [0.3, 0.4) is 0 Å². The Kier molecular flexibility index (Phi) is 5.24. The second-order valence-corrected chi connectivity index (χ2v) is 6.30. The summed E-state index contributed by atoms with van der Waals surface area (Å²) in [7, 11) is 0. The van der Waals surface area contributed by atoms with Gasteiger partial charge in [0.15, 0.2) is 6.10 Å². The van der Waals surface area contributed by atoms with Gasteiger partial charge in [-0.15, -0.1) is 0 Å². The molecular weight excluding hydrogens is 324 g/mol. The van der Waals surface area contributed by atoms with E-state index in [9.17, 15) is 0 Å². The number of ether oxygens (including phenoxy) is 2. The highest BCUT2D eigenvalue weighted by Gasteiger charge is 2.28. The van der Waals surface area contributed by atoms with E-state index in [-0.39, 0.29) is 12.2 Å². The minimum atomic E-state index is -0.179. The number of pyridine rings is 1. The SMILES string of the molecule is c1ccc([C@H](Oc2ccccc2-c2cccnc2)[C@@H]2CNCCO2)cc1. The Morgan fingerprint density at radius 2 is 1.85 bits per heavy atom. The lowest BCUT2D eigenvalue weighted by molar-refractivity contribution is -0.0430. The van der Waals surface area contributed by atoms with Gasteiger partial charge in [-0.05, 0) is 17.7 Å². The zero-order valence-electron chi connectivity index (χ0n) is 14.5. The number of morpholine rings is 1. The minimum absolute atomic E-state index is 0.0342. The van der Waals surface area contributed by atoms with Crippen molar-refractivity contribution in [2.24, 2.45) is 0 Å². The van der Waals surface area contributed by atoms with Gasteiger partial charge in [0.05, 0.1) is 6.61 Å². The number of hydrogen-bond donors (Lipinski definition) is 1. The Hall–Kier alpha value is -2.69. The van der Waals surface area contributed by atoms with Crippen LogP contribution in [-0.4, -0.2) is 30.8 Å². The van der Waals surface area contributed by atoms with E-state index in [0.29, 0.717) is 6.61 Å². The molecule has 0 unspecified atom stereocenters. The van der Waals surface area contributed by atoms with E-state index in [4.69, 9.17) is 9.47 Å². The fourth-order valence-corrected chi connectivity index (χ4v) is 3.25. The van der Waals surface area contributed by atoms with Gasteiger partial charge < -0.3 is 14.8 Å². The van der Waals surface area contributed by atoms with Gasteiger partial charge in [-0.25, -0.2) is 0 Å². The summed E-state index contributed by atoms with van der Waals surface area (Å²) in [4.78, 5) is 4.24. The van der Waals surface area contributed by atoms with Crippen molar-refractivity contribution in [3.05, 3.63) is 84.7 Å². The lowest BCUT2D eigenvalue weighted by Gasteiger charge is -2.32. The summed E-state index contributed by atoms with van der Waals surface area (Å²) in [5, 5.41) is 3.40. The van der Waals surface area contributed by atoms with Crippen LogP contribution in [0.25, 0.3) is 11.1 Å². The fraction of sp³-hybridized carbons (Fsp3) is 0.227. The van der Waals surface area contributed by atoms with Crippen LogP contribution in [0.5, 0.6) is 5.75 Å². The van der Waals surface area contributed by atoms with E-state index >= 15 is 0 Å². The van der Waals surface area contributed by atoms with Crippen LogP contribution in [0, 0.1) is 0 Å². The Labute approximate surface area is 153 Å². The molecule has 3 aromatic rings. The van der Waals surface area contributed by atoms with Crippen LogP contribution in [0.1, 0.15) is 11.7 Å². The molecule has 2 atom stereocenters. The molecule has 0 amide bonds. The highest BCUT2D eigenvalue weighted by atomic mass is 16.5. The van der Waals surface area contributed by atoms with Crippen molar-refractivity contribution in [3.8, 4) is 16.9 Å². The molecule has 1 aromatic heterocycles. The van der Waals surface area contributed by atoms with Gasteiger partial charge in [0.25, 0.3) is 0 Å². The molecule has 2 heterocycles. The van der Waals surface area contributed by atoms with Crippen molar-refractivity contribution in [3.63, 3.8) is 0 Å². The van der Waals surface area contributed by atoms with E-state index in [0.717, 1.165) is 35.5 Å². The molecule has 4 nitrogen and oxygen atoms in total. The molecule has 4 rings (SSSR count). The zero-order chi connectivity index (χ0) is 17.6. The molecule has 26 heavy (non-hydrogen) atoms. The van der Waals surface area contributed by atoms with Gasteiger partial charge in [-0.1, -0.05) is 54.6 Å². The van der Waals surface area contributed by atoms with Crippen molar-refractivity contribution in [1.29, 1.82) is 0 Å². The van der Waals surface area contributed by atoms with Gasteiger partial charge >= 0.3 is 0 Å². The molecule has 1 saturated heterocycles. The smallest absolute Gasteiger partial charge is 0.151 e. The summed E-state index contributed by atoms with van der Waals surface area (Å²) < 4.78 is 12.5. The van der Waals surface area contributed by atoms with E-state index in [2.05, 4.69) is 28.5 Å². The Bertz CT molecular complexity index is 818. The van der Waals surface area contributed by atoms with Crippen molar-refractivity contribution in [2.75, 3.05) is 19.7 Å². The first-order chi connectivity index (χ1) is 12.9. The third-order valence-electron chi connectivity index (χ3n) is 4.54. The van der Waals surface area contributed by atoms with Crippen molar-refractivity contribution in [2.45, 2.75) is 12.2 Å². The molecule has 1 fully saturated rings. The van der Waals surface area contributed by atoms with E-state index < -0.39 is 0 Å². The van der Waals surface area contributed by atoms with Crippen LogP contribution in [-0.2, 0) is 4.74 Å². The number of nitrogens with zero attached hydrogens (tertiary/aromatic N) is 1. The summed E-state index contributed by atoms with van der Waals surface area (Å²) in [6.07, 6.45) is 3.43. The zero-order valence-corrected chi connectivity index (χ0v) is 14.5. The topological polar surface area (TPSA) is 43.4 Å². The van der Waals surface area contributed by atoms with E-state index in [1.807, 2.05) is 54.7 Å². The predicted molar refractivity (Wildman–Crippen MR) is 102 cm³/mol. The molecule has 4 heteroatoms. The van der Waals surface area contributed by atoms with Crippen LogP contribution < -0.4 is 10.1 Å². The number of benzene rings is 2. The molecule has 1 aliphatic rings. The van der Waals surface area contributed by atoms with Gasteiger partial charge in [-0.2, -0.15) is 0 Å². The predicted octanol–water partition coefficient (Wildman–Crippen LogP) is 3.86. The molecule has 1 aliphatic heterocycles. The summed E-state index contributed by atoms with van der Waals surface area (Å²) in [5.41, 5.74) is 3.19. The second-order valence-electron chi connectivity index (χ2n) is 6.30. The lowest BCUT2D eigenvalue weighted by atomic mass is 10.0. The number of rotatable bonds is 5. The molecule has 0 radical (unpaired) electrons.